The SMILES string of the molecule is Fc1ccccc1-c1n[nH]c(=S)n1/N=C/c1ccc(OCc2ccccc2)cc1. The predicted octanol–water partition coefficient (Wildman–Crippen LogP) is 5.21. The molecule has 0 bridgehead atoms. The summed E-state index contributed by atoms with van der Waals surface area (Å²) < 4.78 is 21.6. The van der Waals surface area contributed by atoms with E-state index in [1.54, 1.807) is 24.4 Å². The summed E-state index contributed by atoms with van der Waals surface area (Å²) in [7, 11) is 0. The van der Waals surface area contributed by atoms with Crippen molar-refractivity contribution < 1.29 is 9.13 Å². The van der Waals surface area contributed by atoms with Crippen LogP contribution in [-0.4, -0.2) is 21.1 Å². The Hall–Kier alpha value is -3.58. The fourth-order valence-corrected chi connectivity index (χ4v) is 2.91. The molecule has 144 valence electrons. The number of halogens is 1. The number of nitrogens with one attached hydrogen (secondary N) is 1. The van der Waals surface area contributed by atoms with E-state index < -0.39 is 5.82 Å². The van der Waals surface area contributed by atoms with Gasteiger partial charge >= 0.3 is 0 Å². The van der Waals surface area contributed by atoms with E-state index in [9.17, 15) is 4.39 Å². The first-order chi connectivity index (χ1) is 14.2. The molecule has 0 saturated carbocycles. The molecule has 0 fully saturated rings. The summed E-state index contributed by atoms with van der Waals surface area (Å²) in [5, 5.41) is 11.1. The Morgan fingerprint density at radius 3 is 2.48 bits per heavy atom. The standard InChI is InChI=1S/C22H17FN4OS/c23-20-9-5-4-8-19(20)21-25-26-22(29)27(21)24-14-16-10-12-18(13-11-16)28-15-17-6-2-1-3-7-17/h1-14H,15H2,(H,26,29)/b24-14+. The highest BCUT2D eigenvalue weighted by atomic mass is 32.1. The summed E-state index contributed by atoms with van der Waals surface area (Å²) in [6.07, 6.45) is 1.64. The van der Waals surface area contributed by atoms with Gasteiger partial charge in [-0.25, -0.2) is 9.49 Å². The van der Waals surface area contributed by atoms with Gasteiger partial charge in [0, 0.05) is 0 Å². The fraction of sp³-hybridized carbons (Fsp3) is 0.0455. The molecule has 0 saturated heterocycles. The molecule has 3 aromatic carbocycles. The molecule has 0 spiro atoms. The normalized spacial score (nSPS) is 11.1. The van der Waals surface area contributed by atoms with Crippen molar-refractivity contribution in [2.75, 3.05) is 0 Å². The molecule has 7 heteroatoms. The summed E-state index contributed by atoms with van der Waals surface area (Å²) in [4.78, 5) is 0. The van der Waals surface area contributed by atoms with Crippen LogP contribution in [0.3, 0.4) is 0 Å². The number of hydrogen-bond acceptors (Lipinski definition) is 4. The molecule has 0 radical (unpaired) electrons. The molecule has 0 aliphatic heterocycles. The number of benzene rings is 3. The third-order valence-corrected chi connectivity index (χ3v) is 4.48. The van der Waals surface area contributed by atoms with E-state index >= 15 is 0 Å². The largest absolute Gasteiger partial charge is 0.489 e. The Morgan fingerprint density at radius 2 is 1.72 bits per heavy atom. The van der Waals surface area contributed by atoms with E-state index in [2.05, 4.69) is 15.3 Å². The molecule has 4 rings (SSSR count). The van der Waals surface area contributed by atoms with Crippen molar-refractivity contribution in [3.8, 4) is 17.1 Å². The average Bonchev–Trinajstić information content (AvgIpc) is 3.13. The molecule has 1 heterocycles. The van der Waals surface area contributed by atoms with Gasteiger partial charge in [0.2, 0.25) is 4.77 Å². The lowest BCUT2D eigenvalue weighted by Crippen LogP contribution is -1.97. The molecule has 0 atom stereocenters. The summed E-state index contributed by atoms with van der Waals surface area (Å²) in [6.45, 7) is 0.504. The Bertz CT molecular complexity index is 1180. The number of aromatic nitrogens is 3. The minimum absolute atomic E-state index is 0.280. The van der Waals surface area contributed by atoms with Gasteiger partial charge in [-0.05, 0) is 59.7 Å². The van der Waals surface area contributed by atoms with Crippen LogP contribution < -0.4 is 4.74 Å². The van der Waals surface area contributed by atoms with Crippen LogP contribution >= 0.6 is 12.2 Å². The van der Waals surface area contributed by atoms with E-state index in [0.717, 1.165) is 16.9 Å². The van der Waals surface area contributed by atoms with E-state index in [1.807, 2.05) is 54.6 Å². The molecule has 0 aliphatic carbocycles. The second kappa shape index (κ2) is 8.62. The monoisotopic (exact) mass is 404 g/mol. The van der Waals surface area contributed by atoms with Crippen molar-refractivity contribution in [2.45, 2.75) is 6.61 Å². The molecule has 0 amide bonds. The van der Waals surface area contributed by atoms with E-state index in [-0.39, 0.29) is 4.77 Å². The second-order valence-corrected chi connectivity index (χ2v) is 6.62. The minimum atomic E-state index is -0.391. The van der Waals surface area contributed by atoms with Crippen LogP contribution in [0.15, 0.2) is 84.0 Å². The molecular weight excluding hydrogens is 387 g/mol. The number of ether oxygens (including phenoxy) is 1. The average molecular weight is 404 g/mol. The van der Waals surface area contributed by atoms with Crippen molar-refractivity contribution in [1.82, 2.24) is 14.9 Å². The highest BCUT2D eigenvalue weighted by molar-refractivity contribution is 7.71. The Balaban J connectivity index is 1.49. The molecule has 0 unspecified atom stereocenters. The Labute approximate surface area is 172 Å². The lowest BCUT2D eigenvalue weighted by molar-refractivity contribution is 0.306. The summed E-state index contributed by atoms with van der Waals surface area (Å²) in [6, 6.07) is 23.8. The van der Waals surface area contributed by atoms with E-state index in [0.29, 0.717) is 18.0 Å². The van der Waals surface area contributed by atoms with Crippen molar-refractivity contribution >= 4 is 18.4 Å². The number of aromatic amines is 1. The first-order valence-electron chi connectivity index (χ1n) is 8.94. The van der Waals surface area contributed by atoms with Crippen LogP contribution in [0.25, 0.3) is 11.4 Å². The van der Waals surface area contributed by atoms with Crippen LogP contribution in [-0.2, 0) is 6.61 Å². The number of nitrogens with zero attached hydrogens (tertiary/aromatic N) is 3. The summed E-state index contributed by atoms with van der Waals surface area (Å²) >= 11 is 5.22. The summed E-state index contributed by atoms with van der Waals surface area (Å²) in [5.74, 6) is 0.683. The predicted molar refractivity (Wildman–Crippen MR) is 113 cm³/mol. The fourth-order valence-electron chi connectivity index (χ4n) is 2.73. The van der Waals surface area contributed by atoms with Gasteiger partial charge in [0.25, 0.3) is 0 Å². The van der Waals surface area contributed by atoms with Gasteiger partial charge in [0.05, 0.1) is 11.8 Å². The number of rotatable bonds is 6. The smallest absolute Gasteiger partial charge is 0.216 e. The second-order valence-electron chi connectivity index (χ2n) is 6.23. The van der Waals surface area contributed by atoms with Crippen LogP contribution in [0.5, 0.6) is 5.75 Å². The van der Waals surface area contributed by atoms with Crippen LogP contribution in [0.1, 0.15) is 11.1 Å². The zero-order valence-electron chi connectivity index (χ0n) is 15.3. The van der Waals surface area contributed by atoms with Crippen molar-refractivity contribution in [3.63, 3.8) is 0 Å². The molecule has 1 aromatic heterocycles. The van der Waals surface area contributed by atoms with Gasteiger partial charge in [-0.2, -0.15) is 14.9 Å². The summed E-state index contributed by atoms with van der Waals surface area (Å²) in [5.41, 5.74) is 2.27. The van der Waals surface area contributed by atoms with Crippen molar-refractivity contribution in [1.29, 1.82) is 0 Å². The Kier molecular flexibility index (Phi) is 5.58. The van der Waals surface area contributed by atoms with Crippen LogP contribution in [0.4, 0.5) is 4.39 Å². The van der Waals surface area contributed by atoms with Crippen molar-refractivity contribution in [3.05, 3.63) is 101 Å². The maximum absolute atomic E-state index is 14.1. The topological polar surface area (TPSA) is 55.2 Å². The number of H-pyrrole nitrogens is 1. The maximum atomic E-state index is 14.1. The van der Waals surface area contributed by atoms with Gasteiger partial charge in [0.15, 0.2) is 5.82 Å². The molecule has 4 aromatic rings. The Morgan fingerprint density at radius 1 is 1.00 bits per heavy atom. The van der Waals surface area contributed by atoms with Crippen LogP contribution in [0, 0.1) is 10.6 Å². The zero-order chi connectivity index (χ0) is 20.1. The molecule has 0 aliphatic rings. The first-order valence-corrected chi connectivity index (χ1v) is 9.35. The third kappa shape index (κ3) is 4.47. The molecule has 29 heavy (non-hydrogen) atoms. The van der Waals surface area contributed by atoms with Gasteiger partial charge in [-0.1, -0.05) is 42.5 Å². The van der Waals surface area contributed by atoms with Crippen LogP contribution in [0.2, 0.25) is 0 Å². The highest BCUT2D eigenvalue weighted by Gasteiger charge is 2.12. The lowest BCUT2D eigenvalue weighted by atomic mass is 10.2. The minimum Gasteiger partial charge on any atom is -0.489 e. The zero-order valence-corrected chi connectivity index (χ0v) is 16.1. The first kappa shape index (κ1) is 18.8. The van der Waals surface area contributed by atoms with Gasteiger partial charge < -0.3 is 4.74 Å². The van der Waals surface area contributed by atoms with E-state index in [4.69, 9.17) is 17.0 Å². The highest BCUT2D eigenvalue weighted by Crippen LogP contribution is 2.20. The van der Waals surface area contributed by atoms with Gasteiger partial charge in [-0.15, -0.1) is 0 Å². The maximum Gasteiger partial charge on any atom is 0.216 e. The molecule has 5 nitrogen and oxygen atoms in total. The van der Waals surface area contributed by atoms with Crippen molar-refractivity contribution in [2.24, 2.45) is 5.10 Å². The lowest BCUT2D eigenvalue weighted by Gasteiger charge is -2.06. The quantitative estimate of drug-likeness (QED) is 0.355. The van der Waals surface area contributed by atoms with Gasteiger partial charge in [-0.3, -0.25) is 0 Å². The molecular formula is C22H17FN4OS. The van der Waals surface area contributed by atoms with E-state index in [1.165, 1.54) is 10.7 Å². The number of hydrogen-bond donors (Lipinski definition) is 1. The third-order valence-electron chi connectivity index (χ3n) is 4.22. The molecule has 1 N–H and O–H groups in total. The van der Waals surface area contributed by atoms with Gasteiger partial charge in [0.1, 0.15) is 18.2 Å².